The highest BCUT2D eigenvalue weighted by Gasteiger charge is 2.18. The van der Waals surface area contributed by atoms with Gasteiger partial charge >= 0.3 is 0 Å². The number of carbonyl (C=O) groups excluding carboxylic acids is 1. The largest absolute Gasteiger partial charge is 0.357 e. The van der Waals surface area contributed by atoms with E-state index in [1.165, 1.54) is 25.7 Å². The minimum Gasteiger partial charge on any atom is -0.357 e. The number of aliphatic imine (C=N–C) groups is 1. The topological polar surface area (TPSA) is 83.3 Å². The minimum absolute atomic E-state index is 0.101. The van der Waals surface area contributed by atoms with Gasteiger partial charge in [0.05, 0.1) is 6.54 Å². The smallest absolute Gasteiger partial charge is 0.246 e. The van der Waals surface area contributed by atoms with Gasteiger partial charge in [0.1, 0.15) is 6.54 Å². The molecule has 1 aromatic heterocycles. The molecule has 1 fully saturated rings. The van der Waals surface area contributed by atoms with Crippen molar-refractivity contribution in [3.8, 4) is 0 Å². The van der Waals surface area contributed by atoms with Gasteiger partial charge in [0.15, 0.2) is 5.96 Å². The lowest BCUT2D eigenvalue weighted by Gasteiger charge is -2.28. The molecule has 0 unspecified atom stereocenters. The summed E-state index contributed by atoms with van der Waals surface area (Å²) < 4.78 is 1.60. The zero-order valence-corrected chi connectivity index (χ0v) is 17.4. The van der Waals surface area contributed by atoms with Crippen LogP contribution in [0.25, 0.3) is 0 Å². The molecule has 0 aliphatic heterocycles. The molecule has 1 heterocycles. The summed E-state index contributed by atoms with van der Waals surface area (Å²) in [7, 11) is 0. The Hall–Kier alpha value is -2.83. The highest BCUT2D eigenvalue weighted by Crippen LogP contribution is 2.23. The van der Waals surface area contributed by atoms with Crippen molar-refractivity contribution in [2.24, 2.45) is 10.9 Å². The van der Waals surface area contributed by atoms with Crippen LogP contribution in [0.1, 0.15) is 45.1 Å². The zero-order chi connectivity index (χ0) is 20.5. The number of aromatic nitrogens is 2. The van der Waals surface area contributed by atoms with E-state index in [1.54, 1.807) is 23.1 Å². The van der Waals surface area contributed by atoms with E-state index in [0.717, 1.165) is 29.7 Å². The Morgan fingerprint density at radius 1 is 1.24 bits per heavy atom. The Labute approximate surface area is 173 Å². The molecule has 2 aromatic rings. The third-order valence-electron chi connectivity index (χ3n) is 5.20. The number of guanidine groups is 1. The number of hydrogen-bond acceptors (Lipinski definition) is 3. The van der Waals surface area contributed by atoms with Crippen molar-refractivity contribution in [2.45, 2.75) is 58.7 Å². The number of nitrogens with zero attached hydrogens (tertiary/aromatic N) is 3. The maximum atomic E-state index is 12.2. The number of anilines is 1. The van der Waals surface area contributed by atoms with Gasteiger partial charge in [-0.15, -0.1) is 0 Å². The van der Waals surface area contributed by atoms with Gasteiger partial charge in [-0.1, -0.05) is 19.1 Å². The molecule has 3 N–H and O–H groups in total. The monoisotopic (exact) mass is 396 g/mol. The van der Waals surface area contributed by atoms with Crippen LogP contribution in [0.2, 0.25) is 0 Å². The molecule has 1 amide bonds. The molecule has 29 heavy (non-hydrogen) atoms. The van der Waals surface area contributed by atoms with Crippen LogP contribution in [0.5, 0.6) is 0 Å². The van der Waals surface area contributed by atoms with Gasteiger partial charge in [0.25, 0.3) is 0 Å². The lowest BCUT2D eigenvalue weighted by Crippen LogP contribution is -2.44. The first-order valence-corrected chi connectivity index (χ1v) is 10.5. The van der Waals surface area contributed by atoms with Gasteiger partial charge in [-0.25, -0.2) is 4.99 Å². The molecular formula is C22H32N6O. The molecule has 1 saturated carbocycles. The van der Waals surface area contributed by atoms with Gasteiger partial charge in [-0.05, 0) is 62.3 Å². The Bertz CT molecular complexity index is 793. The maximum Gasteiger partial charge on any atom is 0.246 e. The second-order valence-electron chi connectivity index (χ2n) is 7.75. The van der Waals surface area contributed by atoms with E-state index in [9.17, 15) is 4.79 Å². The molecule has 0 saturated heterocycles. The van der Waals surface area contributed by atoms with Crippen LogP contribution in [0.3, 0.4) is 0 Å². The standard InChI is InChI=1S/C22H32N6O/c1-3-23-22(27-19-10-8-17(2)9-11-19)24-15-18-6-4-7-20(14-18)26-21(29)16-28-13-5-12-25-28/h4-7,12-14,17,19H,3,8-11,15-16H2,1-2H3,(H,26,29)(H2,23,24,27). The number of rotatable bonds is 7. The fourth-order valence-electron chi connectivity index (χ4n) is 3.58. The third kappa shape index (κ3) is 6.93. The van der Waals surface area contributed by atoms with Crippen LogP contribution in [0.4, 0.5) is 5.69 Å². The first-order valence-electron chi connectivity index (χ1n) is 10.5. The van der Waals surface area contributed by atoms with E-state index in [-0.39, 0.29) is 12.5 Å². The molecule has 156 valence electrons. The SMILES string of the molecule is CCNC(=NCc1cccc(NC(=O)Cn2cccn2)c1)NC1CCC(C)CC1. The Balaban J connectivity index is 1.56. The van der Waals surface area contributed by atoms with Gasteiger partial charge in [0.2, 0.25) is 5.91 Å². The van der Waals surface area contributed by atoms with Gasteiger partial charge in [-0.3, -0.25) is 9.48 Å². The molecule has 3 rings (SSSR count). The fraction of sp³-hybridized carbons (Fsp3) is 0.500. The second-order valence-corrected chi connectivity index (χ2v) is 7.75. The second kappa shape index (κ2) is 10.6. The molecule has 1 aromatic carbocycles. The average molecular weight is 397 g/mol. The highest BCUT2D eigenvalue weighted by atomic mass is 16.2. The van der Waals surface area contributed by atoms with E-state index >= 15 is 0 Å². The van der Waals surface area contributed by atoms with E-state index in [1.807, 2.05) is 24.3 Å². The molecule has 1 aliphatic carbocycles. The summed E-state index contributed by atoms with van der Waals surface area (Å²) in [5.74, 6) is 1.59. The van der Waals surface area contributed by atoms with Crippen LogP contribution in [-0.4, -0.2) is 34.2 Å². The fourth-order valence-corrected chi connectivity index (χ4v) is 3.58. The highest BCUT2D eigenvalue weighted by molar-refractivity contribution is 5.90. The number of benzene rings is 1. The summed E-state index contributed by atoms with van der Waals surface area (Å²) >= 11 is 0. The predicted molar refractivity (Wildman–Crippen MR) is 117 cm³/mol. The van der Waals surface area contributed by atoms with E-state index in [2.05, 4.69) is 34.9 Å². The Kier molecular flexibility index (Phi) is 7.67. The molecule has 7 nitrogen and oxygen atoms in total. The number of amides is 1. The van der Waals surface area contributed by atoms with Crippen molar-refractivity contribution in [3.63, 3.8) is 0 Å². The summed E-state index contributed by atoms with van der Waals surface area (Å²) in [6.45, 7) is 6.00. The maximum absolute atomic E-state index is 12.2. The van der Waals surface area contributed by atoms with Crippen LogP contribution in [-0.2, 0) is 17.9 Å². The summed E-state index contributed by atoms with van der Waals surface area (Å²) in [6, 6.07) is 10.1. The van der Waals surface area contributed by atoms with Gasteiger partial charge in [0, 0.05) is 30.7 Å². The van der Waals surface area contributed by atoms with Crippen LogP contribution in [0, 0.1) is 5.92 Å². The summed E-state index contributed by atoms with van der Waals surface area (Å²) in [4.78, 5) is 16.9. The van der Waals surface area contributed by atoms with Crippen LogP contribution < -0.4 is 16.0 Å². The van der Waals surface area contributed by atoms with Crippen LogP contribution in [0.15, 0.2) is 47.7 Å². The molecule has 7 heteroatoms. The quantitative estimate of drug-likeness (QED) is 0.496. The van der Waals surface area contributed by atoms with Gasteiger partial charge in [-0.2, -0.15) is 5.10 Å². The Morgan fingerprint density at radius 3 is 2.79 bits per heavy atom. The summed E-state index contributed by atoms with van der Waals surface area (Å²) in [5, 5.41) is 13.9. The molecule has 0 radical (unpaired) electrons. The van der Waals surface area contributed by atoms with Crippen molar-refractivity contribution in [3.05, 3.63) is 48.3 Å². The first-order chi connectivity index (χ1) is 14.1. The molecule has 0 bridgehead atoms. The summed E-state index contributed by atoms with van der Waals surface area (Å²) in [6.07, 6.45) is 8.38. The van der Waals surface area contributed by atoms with E-state index in [0.29, 0.717) is 12.6 Å². The third-order valence-corrected chi connectivity index (χ3v) is 5.20. The molecule has 0 atom stereocenters. The Morgan fingerprint density at radius 2 is 2.07 bits per heavy atom. The normalized spacial score (nSPS) is 19.6. The van der Waals surface area contributed by atoms with Crippen molar-refractivity contribution in [2.75, 3.05) is 11.9 Å². The van der Waals surface area contributed by atoms with Crippen molar-refractivity contribution >= 4 is 17.6 Å². The van der Waals surface area contributed by atoms with Gasteiger partial charge < -0.3 is 16.0 Å². The van der Waals surface area contributed by atoms with Crippen molar-refractivity contribution in [1.82, 2.24) is 20.4 Å². The van der Waals surface area contributed by atoms with Crippen molar-refractivity contribution in [1.29, 1.82) is 0 Å². The lowest BCUT2D eigenvalue weighted by molar-refractivity contribution is -0.116. The molecule has 1 aliphatic rings. The van der Waals surface area contributed by atoms with Crippen LogP contribution >= 0.6 is 0 Å². The molecule has 0 spiro atoms. The number of nitrogens with one attached hydrogen (secondary N) is 3. The minimum atomic E-state index is -0.101. The average Bonchev–Trinajstić information content (AvgIpc) is 3.21. The number of hydrogen-bond donors (Lipinski definition) is 3. The predicted octanol–water partition coefficient (Wildman–Crippen LogP) is 3.16. The first kappa shape index (κ1) is 20.9. The van der Waals surface area contributed by atoms with Crippen molar-refractivity contribution < 1.29 is 4.79 Å². The number of carbonyl (C=O) groups is 1. The lowest BCUT2D eigenvalue weighted by atomic mass is 9.87. The van der Waals surface area contributed by atoms with E-state index in [4.69, 9.17) is 4.99 Å². The zero-order valence-electron chi connectivity index (χ0n) is 17.4. The summed E-state index contributed by atoms with van der Waals surface area (Å²) in [5.41, 5.74) is 1.82. The van der Waals surface area contributed by atoms with E-state index < -0.39 is 0 Å². The molecular weight excluding hydrogens is 364 g/mol.